The zero-order valence-electron chi connectivity index (χ0n) is 18.8. The molecule has 10 N–H and O–H groups in total. The van der Waals surface area contributed by atoms with E-state index in [4.69, 9.17) is 20.9 Å². The predicted octanol–water partition coefficient (Wildman–Crippen LogP) is -4.95. The Morgan fingerprint density at radius 3 is 2.60 bits per heavy atom. The number of hydrogen-bond acceptors (Lipinski definition) is 12. The maximum absolute atomic E-state index is 12.8. The first-order valence-electron chi connectivity index (χ1n) is 10.9. The Balaban J connectivity index is 1.73. The van der Waals surface area contributed by atoms with E-state index in [1.165, 1.54) is 12.3 Å². The van der Waals surface area contributed by atoms with Gasteiger partial charge in [-0.2, -0.15) is 4.98 Å². The lowest BCUT2D eigenvalue weighted by atomic mass is 9.92. The molecule has 15 heteroatoms. The van der Waals surface area contributed by atoms with Gasteiger partial charge in [0.25, 0.3) is 0 Å². The van der Waals surface area contributed by atoms with Crippen molar-refractivity contribution in [2.45, 2.75) is 62.3 Å². The molecule has 0 aliphatic carbocycles. The molecule has 3 rings (SSSR count). The lowest BCUT2D eigenvalue weighted by Crippen LogP contribution is -2.66. The number of nitrogens with one attached hydrogen (secondary N) is 3. The number of nitrogens with two attached hydrogens (primary N) is 2. The summed E-state index contributed by atoms with van der Waals surface area (Å²) in [6, 6.07) is 1.23. The highest BCUT2D eigenvalue weighted by Crippen LogP contribution is 2.35. The quantitative estimate of drug-likeness (QED) is 0.0961. The van der Waals surface area contributed by atoms with Crippen LogP contribution in [0.1, 0.15) is 19.6 Å². The van der Waals surface area contributed by atoms with Crippen LogP contribution < -0.4 is 33.1 Å². The molecule has 0 spiro atoms. The molecule has 2 saturated heterocycles. The van der Waals surface area contributed by atoms with E-state index >= 15 is 0 Å². The molecule has 2 fully saturated rings. The average molecular weight is 495 g/mol. The number of aliphatic hydroxyl groups excluding tert-OH is 3. The Hall–Kier alpha value is -3.26. The summed E-state index contributed by atoms with van der Waals surface area (Å²) < 4.78 is 12.0. The number of nitrogens with zero attached hydrogens (tertiary/aromatic N) is 2. The van der Waals surface area contributed by atoms with Gasteiger partial charge in [-0.25, -0.2) is 4.79 Å². The van der Waals surface area contributed by atoms with Gasteiger partial charge >= 0.3 is 5.69 Å². The fourth-order valence-electron chi connectivity index (χ4n) is 3.58. The van der Waals surface area contributed by atoms with Crippen molar-refractivity contribution in [1.29, 1.82) is 0 Å². The average Bonchev–Trinajstić information content (AvgIpc) is 3.55. The number of rotatable bonds is 8. The van der Waals surface area contributed by atoms with E-state index < -0.39 is 73.1 Å². The summed E-state index contributed by atoms with van der Waals surface area (Å²) in [5.74, 6) is 1.21. The number of ether oxygens (including phenoxy) is 2. The van der Waals surface area contributed by atoms with Crippen LogP contribution in [0.2, 0.25) is 0 Å². The first-order chi connectivity index (χ1) is 16.7. The number of carbonyl (C=O) groups excluding carboxylic acids is 2. The molecule has 0 bridgehead atoms. The van der Waals surface area contributed by atoms with Crippen LogP contribution in [0.3, 0.4) is 0 Å². The van der Waals surface area contributed by atoms with Crippen molar-refractivity contribution < 1.29 is 34.4 Å². The minimum absolute atomic E-state index is 0.0453. The molecule has 15 nitrogen and oxygen atoms in total. The summed E-state index contributed by atoms with van der Waals surface area (Å²) in [6.45, 7) is 0.870. The van der Waals surface area contributed by atoms with Crippen molar-refractivity contribution in [3.05, 3.63) is 22.7 Å². The number of carbonyl (C=O) groups is 2. The molecule has 35 heavy (non-hydrogen) atoms. The van der Waals surface area contributed by atoms with Gasteiger partial charge < -0.3 is 52.2 Å². The highest BCUT2D eigenvalue weighted by atomic mass is 16.6. The lowest BCUT2D eigenvalue weighted by molar-refractivity contribution is -0.218. The summed E-state index contributed by atoms with van der Waals surface area (Å²) in [4.78, 5) is 40.6. The molecule has 2 aliphatic rings. The first-order valence-corrected chi connectivity index (χ1v) is 10.9. The Morgan fingerprint density at radius 1 is 1.29 bits per heavy atom. The van der Waals surface area contributed by atoms with Crippen LogP contribution in [-0.2, 0) is 19.1 Å². The molecule has 2 amide bonds. The van der Waals surface area contributed by atoms with E-state index in [1.54, 1.807) is 0 Å². The highest BCUT2D eigenvalue weighted by Gasteiger charge is 2.55. The van der Waals surface area contributed by atoms with Crippen molar-refractivity contribution in [3.63, 3.8) is 0 Å². The number of amides is 2. The Morgan fingerprint density at radius 2 is 2.00 bits per heavy atom. The van der Waals surface area contributed by atoms with E-state index in [-0.39, 0.29) is 12.4 Å². The molecule has 8 unspecified atom stereocenters. The first kappa shape index (κ1) is 26.3. The van der Waals surface area contributed by atoms with Crippen molar-refractivity contribution >= 4 is 17.6 Å². The second-order valence-corrected chi connectivity index (χ2v) is 7.93. The normalized spacial score (nSPS) is 30.4. The number of aliphatic hydroxyl groups is 3. The van der Waals surface area contributed by atoms with E-state index in [9.17, 15) is 29.7 Å². The van der Waals surface area contributed by atoms with Crippen LogP contribution in [0.25, 0.3) is 0 Å². The Labute approximate surface area is 199 Å². The maximum atomic E-state index is 12.8. The van der Waals surface area contributed by atoms with Gasteiger partial charge in [0.15, 0.2) is 6.23 Å². The van der Waals surface area contributed by atoms with E-state index in [2.05, 4.69) is 32.9 Å². The zero-order chi connectivity index (χ0) is 25.7. The monoisotopic (exact) mass is 495 g/mol. The summed E-state index contributed by atoms with van der Waals surface area (Å²) in [5, 5.41) is 38.5. The van der Waals surface area contributed by atoms with Gasteiger partial charge in [-0.3, -0.25) is 14.2 Å². The van der Waals surface area contributed by atoms with Gasteiger partial charge in [0.05, 0.1) is 12.6 Å². The van der Waals surface area contributed by atoms with Crippen LogP contribution in [0.15, 0.2) is 17.1 Å². The molecule has 0 aromatic carbocycles. The highest BCUT2D eigenvalue weighted by molar-refractivity contribution is 5.88. The van der Waals surface area contributed by atoms with Crippen LogP contribution in [0, 0.1) is 12.0 Å². The van der Waals surface area contributed by atoms with Gasteiger partial charge in [0.1, 0.15) is 49.0 Å². The lowest BCUT2D eigenvalue weighted by Gasteiger charge is -2.43. The number of epoxide rings is 1. The molecule has 1 aromatic rings. The van der Waals surface area contributed by atoms with Crippen molar-refractivity contribution in [2.75, 3.05) is 18.9 Å². The molecular formula is C20H29N7O8. The zero-order valence-corrected chi connectivity index (χ0v) is 18.8. The van der Waals surface area contributed by atoms with Gasteiger partial charge in [-0.05, 0) is 6.07 Å². The number of anilines is 1. The molecule has 0 saturated carbocycles. The molecule has 2 aliphatic heterocycles. The summed E-state index contributed by atoms with van der Waals surface area (Å²) in [6.07, 6.45) is -5.52. The molecular weight excluding hydrogens is 466 g/mol. The third-order valence-corrected chi connectivity index (χ3v) is 5.42. The van der Waals surface area contributed by atoms with E-state index in [0.717, 1.165) is 4.57 Å². The fraction of sp³-hybridized carbons (Fsp3) is 0.600. The second-order valence-electron chi connectivity index (χ2n) is 7.93. The minimum atomic E-state index is -1.68. The third kappa shape index (κ3) is 6.25. The van der Waals surface area contributed by atoms with Crippen LogP contribution in [0.5, 0.6) is 0 Å². The molecule has 8 atom stereocenters. The smallest absolute Gasteiger partial charge is 0.351 e. The molecule has 0 radical (unpaired) electrons. The van der Waals surface area contributed by atoms with E-state index in [1.807, 2.05) is 6.92 Å². The van der Waals surface area contributed by atoms with Crippen molar-refractivity contribution in [1.82, 2.24) is 25.5 Å². The van der Waals surface area contributed by atoms with Gasteiger partial charge in [-0.1, -0.05) is 12.8 Å². The van der Waals surface area contributed by atoms with Crippen molar-refractivity contribution in [2.24, 2.45) is 5.73 Å². The van der Waals surface area contributed by atoms with Gasteiger partial charge in [0.2, 0.25) is 11.8 Å². The van der Waals surface area contributed by atoms with E-state index in [0.29, 0.717) is 6.42 Å². The topological polar surface area (TPSA) is 240 Å². The summed E-state index contributed by atoms with van der Waals surface area (Å²) >= 11 is 0. The van der Waals surface area contributed by atoms with Crippen LogP contribution >= 0.6 is 0 Å². The Bertz CT molecular complexity index is 1040. The largest absolute Gasteiger partial charge is 0.394 e. The minimum Gasteiger partial charge on any atom is -0.394 e. The predicted molar refractivity (Wildman–Crippen MR) is 119 cm³/mol. The standard InChI is InChI=1S/C20H29N7O8/c1-2-3-5-23-7-11(29)24-9(8-28)18(32)26-12-13(30)14(31)19(35-15(12)16-17(22)34-16)27-6-4-10(21)25-20(27)33/h4,6,9,12-17,19,23,28,30-31H,2,7-8,22H2,1H3,(H,24,29)(H,26,32)(H2,21,25,33). The second kappa shape index (κ2) is 11.4. The number of nitrogen functional groups attached to an aromatic ring is 1. The SMILES string of the molecule is CCC#CNCC(=O)NC(CO)C(=O)NC1C(O)C(O)C(n2ccc(N)nc2=O)OC1C1OC1N. The number of aromatic nitrogens is 2. The third-order valence-electron chi connectivity index (χ3n) is 5.42. The molecule has 1 aromatic heterocycles. The van der Waals surface area contributed by atoms with Crippen LogP contribution in [0.4, 0.5) is 5.82 Å². The summed E-state index contributed by atoms with van der Waals surface area (Å²) in [7, 11) is 0. The number of hydrogen-bond donors (Lipinski definition) is 8. The van der Waals surface area contributed by atoms with Crippen LogP contribution in [-0.4, -0.2) is 92.6 Å². The summed E-state index contributed by atoms with van der Waals surface area (Å²) in [5.41, 5.74) is 10.4. The maximum Gasteiger partial charge on any atom is 0.351 e. The molecule has 192 valence electrons. The Kier molecular flexibility index (Phi) is 8.62. The van der Waals surface area contributed by atoms with Gasteiger partial charge in [-0.15, -0.1) is 0 Å². The van der Waals surface area contributed by atoms with Crippen molar-refractivity contribution in [3.8, 4) is 12.0 Å². The van der Waals surface area contributed by atoms with Gasteiger partial charge in [0, 0.05) is 18.7 Å². The fourth-order valence-corrected chi connectivity index (χ4v) is 3.58. The molecule has 3 heterocycles.